The maximum atomic E-state index is 13.7. The van der Waals surface area contributed by atoms with Crippen LogP contribution in [0.1, 0.15) is 18.5 Å². The number of methoxy groups -OCH3 is 1. The van der Waals surface area contributed by atoms with Crippen molar-refractivity contribution in [3.63, 3.8) is 0 Å². The maximum Gasteiger partial charge on any atom is 0.238 e. The number of carbonyl (C=O) groups is 1. The normalized spacial score (nSPS) is 11.8. The zero-order valence-corrected chi connectivity index (χ0v) is 13.7. The molecule has 0 spiro atoms. The second-order valence-electron chi connectivity index (χ2n) is 5.02. The summed E-state index contributed by atoms with van der Waals surface area (Å²) in [5.74, 6) is -0.0527. The van der Waals surface area contributed by atoms with Crippen molar-refractivity contribution in [2.75, 3.05) is 19.0 Å². The molecule has 0 heterocycles. The largest absolute Gasteiger partial charge is 0.495 e. The zero-order valence-electron chi connectivity index (χ0n) is 12.9. The second-order valence-corrected chi connectivity index (χ2v) is 5.45. The van der Waals surface area contributed by atoms with E-state index >= 15 is 0 Å². The first kappa shape index (κ1) is 17.2. The zero-order chi connectivity index (χ0) is 16.8. The Balaban J connectivity index is 1.95. The number of hydrogen-bond acceptors (Lipinski definition) is 3. The average Bonchev–Trinajstić information content (AvgIpc) is 2.53. The third-order valence-electron chi connectivity index (χ3n) is 3.38. The van der Waals surface area contributed by atoms with Gasteiger partial charge in [0.25, 0.3) is 0 Å². The van der Waals surface area contributed by atoms with Gasteiger partial charge in [0.05, 0.1) is 19.3 Å². The van der Waals surface area contributed by atoms with E-state index in [2.05, 4.69) is 10.6 Å². The molecule has 0 bridgehead atoms. The highest BCUT2D eigenvalue weighted by molar-refractivity contribution is 6.31. The van der Waals surface area contributed by atoms with E-state index in [0.717, 1.165) is 0 Å². The van der Waals surface area contributed by atoms with Crippen molar-refractivity contribution in [1.82, 2.24) is 5.32 Å². The van der Waals surface area contributed by atoms with Crippen LogP contribution < -0.4 is 15.4 Å². The summed E-state index contributed by atoms with van der Waals surface area (Å²) in [7, 11) is 1.51. The number of benzene rings is 2. The number of anilines is 1. The van der Waals surface area contributed by atoms with Crippen LogP contribution >= 0.6 is 11.6 Å². The monoisotopic (exact) mass is 336 g/mol. The molecule has 2 aromatic carbocycles. The molecule has 23 heavy (non-hydrogen) atoms. The van der Waals surface area contributed by atoms with E-state index < -0.39 is 0 Å². The summed E-state index contributed by atoms with van der Waals surface area (Å²) >= 11 is 5.92. The highest BCUT2D eigenvalue weighted by Gasteiger charge is 2.13. The molecule has 122 valence electrons. The van der Waals surface area contributed by atoms with Crippen LogP contribution in [0.5, 0.6) is 5.75 Å². The van der Waals surface area contributed by atoms with Gasteiger partial charge in [-0.15, -0.1) is 0 Å². The minimum atomic E-state index is -0.301. The summed E-state index contributed by atoms with van der Waals surface area (Å²) in [6.45, 7) is 1.83. The molecule has 2 aromatic rings. The van der Waals surface area contributed by atoms with Gasteiger partial charge in [0, 0.05) is 16.6 Å². The van der Waals surface area contributed by atoms with Gasteiger partial charge in [-0.25, -0.2) is 4.39 Å². The van der Waals surface area contributed by atoms with Crippen LogP contribution in [0.4, 0.5) is 10.1 Å². The van der Waals surface area contributed by atoms with Gasteiger partial charge in [0.2, 0.25) is 5.91 Å². The van der Waals surface area contributed by atoms with Gasteiger partial charge in [0.15, 0.2) is 0 Å². The Hall–Kier alpha value is -2.11. The van der Waals surface area contributed by atoms with E-state index in [1.807, 2.05) is 0 Å². The molecule has 0 aliphatic carbocycles. The number of halogens is 2. The van der Waals surface area contributed by atoms with Crippen molar-refractivity contribution in [3.05, 3.63) is 58.9 Å². The minimum absolute atomic E-state index is 0.0329. The van der Waals surface area contributed by atoms with Gasteiger partial charge >= 0.3 is 0 Å². The average molecular weight is 337 g/mol. The molecule has 0 aromatic heterocycles. The molecule has 1 amide bonds. The van der Waals surface area contributed by atoms with Crippen molar-refractivity contribution >= 4 is 23.2 Å². The fourth-order valence-corrected chi connectivity index (χ4v) is 2.33. The molecule has 0 saturated heterocycles. The second kappa shape index (κ2) is 7.94. The van der Waals surface area contributed by atoms with Gasteiger partial charge in [-0.1, -0.05) is 29.8 Å². The van der Waals surface area contributed by atoms with E-state index in [1.165, 1.54) is 13.2 Å². The predicted molar refractivity (Wildman–Crippen MR) is 89.5 cm³/mol. The lowest BCUT2D eigenvalue weighted by Gasteiger charge is -2.15. The van der Waals surface area contributed by atoms with E-state index in [-0.39, 0.29) is 24.3 Å². The molecule has 1 unspecified atom stereocenters. The van der Waals surface area contributed by atoms with Crippen LogP contribution in [0.3, 0.4) is 0 Å². The molecular formula is C17H18ClFN2O2. The Kier molecular flexibility index (Phi) is 5.96. The molecule has 2 rings (SSSR count). The summed E-state index contributed by atoms with van der Waals surface area (Å²) in [4.78, 5) is 12.0. The Labute approximate surface area is 139 Å². The SMILES string of the molecule is COc1ccc(Cl)cc1NC(=O)CNC(C)c1ccccc1F. The number of amides is 1. The minimum Gasteiger partial charge on any atom is -0.495 e. The Morgan fingerprint density at radius 1 is 1.30 bits per heavy atom. The van der Waals surface area contributed by atoms with Crippen LogP contribution in [-0.4, -0.2) is 19.6 Å². The van der Waals surface area contributed by atoms with E-state index in [0.29, 0.717) is 22.0 Å². The third kappa shape index (κ3) is 4.68. The molecule has 0 fully saturated rings. The van der Waals surface area contributed by atoms with E-state index in [9.17, 15) is 9.18 Å². The molecule has 0 radical (unpaired) electrons. The Bertz CT molecular complexity index is 694. The van der Waals surface area contributed by atoms with Gasteiger partial charge in [-0.05, 0) is 31.2 Å². The Morgan fingerprint density at radius 3 is 2.74 bits per heavy atom. The van der Waals surface area contributed by atoms with Gasteiger partial charge < -0.3 is 15.4 Å². The third-order valence-corrected chi connectivity index (χ3v) is 3.61. The summed E-state index contributed by atoms with van der Waals surface area (Å²) in [6, 6.07) is 11.1. The molecule has 0 aliphatic heterocycles. The lowest BCUT2D eigenvalue weighted by molar-refractivity contribution is -0.115. The molecule has 4 nitrogen and oxygen atoms in total. The highest BCUT2D eigenvalue weighted by atomic mass is 35.5. The summed E-state index contributed by atoms with van der Waals surface area (Å²) in [5, 5.41) is 6.20. The highest BCUT2D eigenvalue weighted by Crippen LogP contribution is 2.27. The molecule has 1 atom stereocenters. The predicted octanol–water partition coefficient (Wildman–Crippen LogP) is 3.78. The van der Waals surface area contributed by atoms with Crippen molar-refractivity contribution in [2.45, 2.75) is 13.0 Å². The summed E-state index contributed by atoms with van der Waals surface area (Å²) in [6.07, 6.45) is 0. The molecule has 0 saturated carbocycles. The lowest BCUT2D eigenvalue weighted by Crippen LogP contribution is -2.30. The molecular weight excluding hydrogens is 319 g/mol. The number of ether oxygens (including phenoxy) is 1. The van der Waals surface area contributed by atoms with Crippen molar-refractivity contribution < 1.29 is 13.9 Å². The quantitative estimate of drug-likeness (QED) is 0.844. The number of hydrogen-bond donors (Lipinski definition) is 2. The maximum absolute atomic E-state index is 13.7. The van der Waals surface area contributed by atoms with Crippen LogP contribution in [0, 0.1) is 5.82 Å². The number of nitrogens with one attached hydrogen (secondary N) is 2. The fourth-order valence-electron chi connectivity index (χ4n) is 2.15. The van der Waals surface area contributed by atoms with Crippen molar-refractivity contribution in [3.8, 4) is 5.75 Å². The van der Waals surface area contributed by atoms with Crippen LogP contribution in [0.2, 0.25) is 5.02 Å². The summed E-state index contributed by atoms with van der Waals surface area (Å²) < 4.78 is 18.9. The molecule has 2 N–H and O–H groups in total. The fraction of sp³-hybridized carbons (Fsp3) is 0.235. The smallest absolute Gasteiger partial charge is 0.238 e. The summed E-state index contributed by atoms with van der Waals surface area (Å²) in [5.41, 5.74) is 1.01. The van der Waals surface area contributed by atoms with Gasteiger partial charge in [-0.3, -0.25) is 4.79 Å². The first-order chi connectivity index (χ1) is 11.0. The lowest BCUT2D eigenvalue weighted by atomic mass is 10.1. The Morgan fingerprint density at radius 2 is 2.04 bits per heavy atom. The van der Waals surface area contributed by atoms with Crippen molar-refractivity contribution in [1.29, 1.82) is 0 Å². The van der Waals surface area contributed by atoms with Gasteiger partial charge in [0.1, 0.15) is 11.6 Å². The first-order valence-corrected chi connectivity index (χ1v) is 7.50. The standard InChI is InChI=1S/C17H18ClFN2O2/c1-11(13-5-3-4-6-14(13)19)20-10-17(22)21-15-9-12(18)7-8-16(15)23-2/h3-9,11,20H,10H2,1-2H3,(H,21,22). The topological polar surface area (TPSA) is 50.4 Å². The van der Waals surface area contributed by atoms with Crippen LogP contribution in [0.15, 0.2) is 42.5 Å². The van der Waals surface area contributed by atoms with Crippen LogP contribution in [0.25, 0.3) is 0 Å². The van der Waals surface area contributed by atoms with Crippen molar-refractivity contribution in [2.24, 2.45) is 0 Å². The first-order valence-electron chi connectivity index (χ1n) is 7.12. The number of carbonyl (C=O) groups excluding carboxylic acids is 1. The van der Waals surface area contributed by atoms with Crippen LogP contribution in [-0.2, 0) is 4.79 Å². The van der Waals surface area contributed by atoms with E-state index in [1.54, 1.807) is 43.3 Å². The van der Waals surface area contributed by atoms with Gasteiger partial charge in [-0.2, -0.15) is 0 Å². The molecule has 0 aliphatic rings. The number of rotatable bonds is 6. The van der Waals surface area contributed by atoms with E-state index in [4.69, 9.17) is 16.3 Å². The molecule has 6 heteroatoms.